The summed E-state index contributed by atoms with van der Waals surface area (Å²) in [5.74, 6) is 1.55. The zero-order valence-corrected chi connectivity index (χ0v) is 11.9. The van der Waals surface area contributed by atoms with E-state index in [2.05, 4.69) is 27.7 Å². The lowest BCUT2D eigenvalue weighted by atomic mass is 10.2. The van der Waals surface area contributed by atoms with Crippen LogP contribution in [0, 0.1) is 0 Å². The fourth-order valence-electron chi connectivity index (χ4n) is 1.77. The van der Waals surface area contributed by atoms with Gasteiger partial charge in [-0.3, -0.25) is 4.99 Å². The molecule has 0 bridgehead atoms. The van der Waals surface area contributed by atoms with Crippen LogP contribution in [0.15, 0.2) is 45.9 Å². The van der Waals surface area contributed by atoms with Crippen LogP contribution < -0.4 is 10.6 Å². The summed E-state index contributed by atoms with van der Waals surface area (Å²) in [5, 5.41) is 10.5. The van der Waals surface area contributed by atoms with Crippen LogP contribution in [0.4, 0.5) is 0 Å². The van der Waals surface area contributed by atoms with Crippen molar-refractivity contribution >= 4 is 5.96 Å². The molecular formula is C15H20N4O. The number of nitrogens with one attached hydrogen (secondary N) is 2. The normalized spacial score (nSPS) is 11.4. The molecule has 0 atom stereocenters. The number of aliphatic imine (C=N–C) groups is 1. The predicted molar refractivity (Wildman–Crippen MR) is 80.4 cm³/mol. The average molecular weight is 272 g/mol. The highest BCUT2D eigenvalue weighted by Gasteiger charge is 2.06. The van der Waals surface area contributed by atoms with Gasteiger partial charge in [-0.05, 0) is 6.42 Å². The van der Waals surface area contributed by atoms with Gasteiger partial charge in [-0.25, -0.2) is 0 Å². The Bertz CT molecular complexity index is 548. The van der Waals surface area contributed by atoms with Gasteiger partial charge in [0.2, 0.25) is 0 Å². The topological polar surface area (TPSA) is 62.5 Å². The van der Waals surface area contributed by atoms with E-state index in [4.69, 9.17) is 4.52 Å². The molecule has 20 heavy (non-hydrogen) atoms. The lowest BCUT2D eigenvalue weighted by Crippen LogP contribution is -2.37. The second-order valence-electron chi connectivity index (χ2n) is 4.40. The minimum Gasteiger partial charge on any atom is -0.356 e. The molecule has 5 nitrogen and oxygen atoms in total. The quantitative estimate of drug-likeness (QED) is 0.648. The first-order valence-electron chi connectivity index (χ1n) is 6.79. The maximum absolute atomic E-state index is 5.35. The van der Waals surface area contributed by atoms with Crippen molar-refractivity contribution in [3.8, 4) is 11.3 Å². The highest BCUT2D eigenvalue weighted by Crippen LogP contribution is 2.19. The molecule has 0 amide bonds. The van der Waals surface area contributed by atoms with Gasteiger partial charge in [0.1, 0.15) is 5.69 Å². The first-order chi connectivity index (χ1) is 9.83. The van der Waals surface area contributed by atoms with Crippen LogP contribution in [0.3, 0.4) is 0 Å². The van der Waals surface area contributed by atoms with E-state index >= 15 is 0 Å². The molecule has 0 aliphatic carbocycles. The predicted octanol–water partition coefficient (Wildman–Crippen LogP) is 2.42. The summed E-state index contributed by atoms with van der Waals surface area (Å²) >= 11 is 0. The van der Waals surface area contributed by atoms with Crippen LogP contribution in [0.1, 0.15) is 19.0 Å². The highest BCUT2D eigenvalue weighted by atomic mass is 16.5. The van der Waals surface area contributed by atoms with Crippen molar-refractivity contribution in [2.24, 2.45) is 4.99 Å². The van der Waals surface area contributed by atoms with E-state index < -0.39 is 0 Å². The van der Waals surface area contributed by atoms with Crippen LogP contribution >= 0.6 is 0 Å². The van der Waals surface area contributed by atoms with Crippen LogP contribution in [-0.2, 0) is 6.54 Å². The minimum atomic E-state index is 0.583. The summed E-state index contributed by atoms with van der Waals surface area (Å²) in [7, 11) is 1.75. The maximum atomic E-state index is 5.35. The molecule has 5 heteroatoms. The van der Waals surface area contributed by atoms with Crippen molar-refractivity contribution < 1.29 is 4.52 Å². The number of hydrogen-bond acceptors (Lipinski definition) is 3. The summed E-state index contributed by atoms with van der Waals surface area (Å²) < 4.78 is 5.35. The van der Waals surface area contributed by atoms with Crippen molar-refractivity contribution in [2.45, 2.75) is 19.9 Å². The summed E-state index contributed by atoms with van der Waals surface area (Å²) in [6.07, 6.45) is 1.06. The summed E-state index contributed by atoms with van der Waals surface area (Å²) in [5.41, 5.74) is 1.88. The molecule has 0 aliphatic rings. The van der Waals surface area contributed by atoms with Crippen molar-refractivity contribution in [1.82, 2.24) is 15.8 Å². The highest BCUT2D eigenvalue weighted by molar-refractivity contribution is 5.79. The molecule has 2 rings (SSSR count). The Morgan fingerprint density at radius 1 is 1.25 bits per heavy atom. The molecule has 1 heterocycles. The van der Waals surface area contributed by atoms with E-state index in [-0.39, 0.29) is 0 Å². The maximum Gasteiger partial charge on any atom is 0.191 e. The standard InChI is InChI=1S/C15H20N4O/c1-3-9-17-15(16-2)18-11-13-10-14(20-19-13)12-7-5-4-6-8-12/h4-8,10H,3,9,11H2,1-2H3,(H2,16,17,18). The number of guanidine groups is 1. The monoisotopic (exact) mass is 272 g/mol. The Labute approximate surface area is 119 Å². The number of benzene rings is 1. The molecule has 0 unspecified atom stereocenters. The smallest absolute Gasteiger partial charge is 0.191 e. The largest absolute Gasteiger partial charge is 0.356 e. The second kappa shape index (κ2) is 7.33. The Hall–Kier alpha value is -2.30. The van der Waals surface area contributed by atoms with Gasteiger partial charge < -0.3 is 15.2 Å². The van der Waals surface area contributed by atoms with Gasteiger partial charge >= 0.3 is 0 Å². The number of rotatable bonds is 5. The van der Waals surface area contributed by atoms with E-state index in [1.54, 1.807) is 7.05 Å². The van der Waals surface area contributed by atoms with Crippen LogP contribution in [0.5, 0.6) is 0 Å². The molecule has 0 fully saturated rings. The van der Waals surface area contributed by atoms with Gasteiger partial charge in [-0.15, -0.1) is 0 Å². The van der Waals surface area contributed by atoms with Gasteiger partial charge in [-0.1, -0.05) is 42.4 Å². The van der Waals surface area contributed by atoms with Gasteiger partial charge in [0.05, 0.1) is 6.54 Å². The third kappa shape index (κ3) is 3.85. The fourth-order valence-corrected chi connectivity index (χ4v) is 1.77. The number of nitrogens with zero attached hydrogens (tertiary/aromatic N) is 2. The molecule has 2 aromatic rings. The summed E-state index contributed by atoms with van der Waals surface area (Å²) in [4.78, 5) is 4.14. The average Bonchev–Trinajstić information content (AvgIpc) is 2.97. The summed E-state index contributed by atoms with van der Waals surface area (Å²) in [6.45, 7) is 3.59. The third-order valence-corrected chi connectivity index (χ3v) is 2.82. The zero-order valence-electron chi connectivity index (χ0n) is 11.9. The van der Waals surface area contributed by atoms with E-state index in [0.29, 0.717) is 6.54 Å². The van der Waals surface area contributed by atoms with Crippen molar-refractivity contribution in [3.63, 3.8) is 0 Å². The van der Waals surface area contributed by atoms with Crippen LogP contribution in [0.25, 0.3) is 11.3 Å². The lowest BCUT2D eigenvalue weighted by Gasteiger charge is -2.09. The second-order valence-corrected chi connectivity index (χ2v) is 4.40. The molecule has 1 aromatic carbocycles. The number of aromatic nitrogens is 1. The van der Waals surface area contributed by atoms with Crippen molar-refractivity contribution in [3.05, 3.63) is 42.1 Å². The van der Waals surface area contributed by atoms with Crippen molar-refractivity contribution in [2.75, 3.05) is 13.6 Å². The van der Waals surface area contributed by atoms with Gasteiger partial charge in [0, 0.05) is 25.2 Å². The Morgan fingerprint density at radius 3 is 2.75 bits per heavy atom. The summed E-state index contributed by atoms with van der Waals surface area (Å²) in [6, 6.07) is 11.9. The minimum absolute atomic E-state index is 0.583. The van der Waals surface area contributed by atoms with Crippen LogP contribution in [-0.4, -0.2) is 24.7 Å². The molecule has 0 spiro atoms. The Morgan fingerprint density at radius 2 is 2.05 bits per heavy atom. The number of hydrogen-bond donors (Lipinski definition) is 2. The van der Waals surface area contributed by atoms with Crippen molar-refractivity contribution in [1.29, 1.82) is 0 Å². The molecule has 0 saturated carbocycles. The molecule has 0 radical (unpaired) electrons. The SMILES string of the molecule is CCCNC(=NC)NCc1cc(-c2ccccc2)on1. The molecule has 1 aromatic heterocycles. The fraction of sp³-hybridized carbons (Fsp3) is 0.333. The first kappa shape index (κ1) is 14.1. The van der Waals surface area contributed by atoms with Gasteiger partial charge in [0.25, 0.3) is 0 Å². The molecule has 2 N–H and O–H groups in total. The third-order valence-electron chi connectivity index (χ3n) is 2.82. The van der Waals surface area contributed by atoms with Crippen LogP contribution in [0.2, 0.25) is 0 Å². The Kier molecular flexibility index (Phi) is 5.17. The molecule has 106 valence electrons. The van der Waals surface area contributed by atoms with E-state index in [1.165, 1.54) is 0 Å². The van der Waals surface area contributed by atoms with E-state index in [9.17, 15) is 0 Å². The molecular weight excluding hydrogens is 252 g/mol. The van der Waals surface area contributed by atoms with Gasteiger partial charge in [0.15, 0.2) is 11.7 Å². The van der Waals surface area contributed by atoms with E-state index in [0.717, 1.165) is 35.9 Å². The molecule has 0 aliphatic heterocycles. The lowest BCUT2D eigenvalue weighted by molar-refractivity contribution is 0.422. The zero-order chi connectivity index (χ0) is 14.2. The van der Waals surface area contributed by atoms with E-state index in [1.807, 2.05) is 36.4 Å². The Balaban J connectivity index is 1.93. The molecule has 0 saturated heterocycles. The van der Waals surface area contributed by atoms with Gasteiger partial charge in [-0.2, -0.15) is 0 Å². The first-order valence-corrected chi connectivity index (χ1v) is 6.79.